The molecule has 0 fully saturated rings. The van der Waals surface area contributed by atoms with Crippen molar-refractivity contribution >= 4 is 34.5 Å². The van der Waals surface area contributed by atoms with Gasteiger partial charge in [-0.25, -0.2) is 0 Å². The molecule has 0 bridgehead atoms. The smallest absolute Gasteiger partial charge is 0.0617 e. The first kappa shape index (κ1) is 24.0. The predicted molar refractivity (Wildman–Crippen MR) is 131 cm³/mol. The average molecular weight is 380 g/mol. The number of hydrogen-bond acceptors (Lipinski definition) is 0. The van der Waals surface area contributed by atoms with Crippen LogP contribution in [0.1, 0.15) is 91.5 Å². The van der Waals surface area contributed by atoms with Gasteiger partial charge in [0.2, 0.25) is 0 Å². The third-order valence-electron chi connectivity index (χ3n) is 4.85. The third kappa shape index (κ3) is 4.04. The van der Waals surface area contributed by atoms with E-state index in [0.29, 0.717) is 0 Å². The summed E-state index contributed by atoms with van der Waals surface area (Å²) in [5.41, 5.74) is 5.81. The molecular formula is C27H41N. The van der Waals surface area contributed by atoms with Crippen LogP contribution in [0.25, 0.3) is 34.5 Å². The van der Waals surface area contributed by atoms with Crippen molar-refractivity contribution in [3.05, 3.63) is 45.6 Å². The van der Waals surface area contributed by atoms with Gasteiger partial charge < -0.3 is 4.40 Å². The Hall–Kier alpha value is -2.02. The maximum Gasteiger partial charge on any atom is 0.0617 e. The van der Waals surface area contributed by atoms with Crippen LogP contribution >= 0.6 is 0 Å². The number of allylic oxidation sites excluding steroid dienone is 1. The molecule has 0 saturated carbocycles. The fourth-order valence-electron chi connectivity index (χ4n) is 4.08. The molecule has 0 unspecified atom stereocenters. The fraction of sp³-hybridized carbons (Fsp3) is 0.481. The first-order valence-electron chi connectivity index (χ1n) is 11.6. The Kier molecular flexibility index (Phi) is 10.1. The van der Waals surface area contributed by atoms with Crippen LogP contribution in [0.4, 0.5) is 0 Å². The summed E-state index contributed by atoms with van der Waals surface area (Å²) in [4.78, 5) is 0. The maximum atomic E-state index is 2.51. The Morgan fingerprint density at radius 2 is 1.36 bits per heavy atom. The molecule has 28 heavy (non-hydrogen) atoms. The molecule has 2 heterocycles. The molecule has 2 aliphatic rings. The maximum absolute atomic E-state index is 2.51. The number of aryl methyl sites for hydroxylation is 2. The van der Waals surface area contributed by atoms with E-state index < -0.39 is 0 Å². The zero-order chi connectivity index (χ0) is 21.3. The summed E-state index contributed by atoms with van der Waals surface area (Å²) in [6.07, 6.45) is 14.2. The van der Waals surface area contributed by atoms with Crippen LogP contribution in [0, 0.1) is 6.92 Å². The van der Waals surface area contributed by atoms with Gasteiger partial charge in [0, 0.05) is 27.0 Å². The molecular weight excluding hydrogens is 338 g/mol. The molecule has 1 nitrogen and oxygen atoms in total. The average Bonchev–Trinajstić information content (AvgIpc) is 3.30. The van der Waals surface area contributed by atoms with Gasteiger partial charge in [0.05, 0.1) is 5.52 Å². The Morgan fingerprint density at radius 1 is 0.750 bits per heavy atom. The number of fused-ring (bicyclic) bond motifs is 6. The zero-order valence-corrected chi connectivity index (χ0v) is 19.7. The van der Waals surface area contributed by atoms with E-state index in [-0.39, 0.29) is 0 Å². The van der Waals surface area contributed by atoms with Gasteiger partial charge in [-0.3, -0.25) is 0 Å². The van der Waals surface area contributed by atoms with E-state index in [1.807, 2.05) is 55.4 Å². The van der Waals surface area contributed by atoms with E-state index in [9.17, 15) is 0 Å². The number of benzene rings is 1. The first-order chi connectivity index (χ1) is 13.8. The molecule has 0 spiro atoms. The normalized spacial score (nSPS) is 13.0. The van der Waals surface area contributed by atoms with Gasteiger partial charge in [0.15, 0.2) is 0 Å². The monoisotopic (exact) mass is 379 g/mol. The Balaban J connectivity index is 0.000000442. The van der Waals surface area contributed by atoms with Gasteiger partial charge in [0.25, 0.3) is 0 Å². The highest BCUT2D eigenvalue weighted by atomic mass is 14.9. The summed E-state index contributed by atoms with van der Waals surface area (Å²) in [5.74, 6) is 0. The number of aromatic nitrogens is 1. The van der Waals surface area contributed by atoms with Gasteiger partial charge in [0.1, 0.15) is 0 Å². The predicted octanol–water partition coefficient (Wildman–Crippen LogP) is 7.26. The lowest BCUT2D eigenvalue weighted by Gasteiger charge is -2.07. The number of rotatable bonds is 0. The summed E-state index contributed by atoms with van der Waals surface area (Å²) in [6.45, 7) is 18.2. The van der Waals surface area contributed by atoms with E-state index in [1.54, 1.807) is 5.56 Å². The lowest BCUT2D eigenvalue weighted by Crippen LogP contribution is -2.28. The molecule has 1 heteroatoms. The second-order valence-corrected chi connectivity index (χ2v) is 6.13. The van der Waals surface area contributed by atoms with Gasteiger partial charge >= 0.3 is 0 Å². The standard InChI is InChI=1S/C19H17N.4C2H6/c1-12-10-15-13-6-2-4-8-17(13)20-18-9-5-3-7-14(18)16(11-12)19(15)20;4*1-2/h4,7-11H,2-3,5-6H2,1H3;4*1-2H3. The largest absolute Gasteiger partial charge is 0.309 e. The molecule has 0 aliphatic heterocycles. The van der Waals surface area contributed by atoms with Gasteiger partial charge in [-0.15, -0.1) is 0 Å². The Bertz CT molecular complexity index is 999. The van der Waals surface area contributed by atoms with E-state index >= 15 is 0 Å². The van der Waals surface area contributed by atoms with E-state index in [2.05, 4.69) is 47.8 Å². The molecule has 0 N–H and O–H groups in total. The summed E-state index contributed by atoms with van der Waals surface area (Å²) in [6, 6.07) is 4.75. The van der Waals surface area contributed by atoms with Gasteiger partial charge in [-0.2, -0.15) is 0 Å². The van der Waals surface area contributed by atoms with Crippen LogP contribution in [0.15, 0.2) is 18.2 Å². The van der Waals surface area contributed by atoms with Gasteiger partial charge in [-0.1, -0.05) is 73.6 Å². The van der Waals surface area contributed by atoms with Crippen molar-refractivity contribution in [3.8, 4) is 0 Å². The van der Waals surface area contributed by atoms with Crippen molar-refractivity contribution in [3.63, 3.8) is 0 Å². The molecule has 0 radical (unpaired) electrons. The van der Waals surface area contributed by atoms with Crippen LogP contribution in [0.2, 0.25) is 0 Å². The summed E-state index contributed by atoms with van der Waals surface area (Å²) >= 11 is 0. The second kappa shape index (κ2) is 11.7. The van der Waals surface area contributed by atoms with Crippen LogP contribution < -0.4 is 10.6 Å². The minimum Gasteiger partial charge on any atom is -0.309 e. The van der Waals surface area contributed by atoms with E-state index in [0.717, 1.165) is 0 Å². The fourth-order valence-corrected chi connectivity index (χ4v) is 4.08. The summed E-state index contributed by atoms with van der Waals surface area (Å²) in [7, 11) is 0. The molecule has 0 atom stereocenters. The Morgan fingerprint density at radius 3 is 2.04 bits per heavy atom. The molecule has 5 rings (SSSR count). The topological polar surface area (TPSA) is 4.41 Å². The van der Waals surface area contributed by atoms with Crippen LogP contribution in [-0.2, 0) is 6.42 Å². The quantitative estimate of drug-likeness (QED) is 0.387. The second-order valence-electron chi connectivity index (χ2n) is 6.13. The van der Waals surface area contributed by atoms with Gasteiger partial charge in [-0.05, 0) is 61.9 Å². The third-order valence-corrected chi connectivity index (χ3v) is 4.85. The molecule has 0 saturated heterocycles. The lowest BCUT2D eigenvalue weighted by atomic mass is 9.98. The summed E-state index contributed by atoms with van der Waals surface area (Å²) < 4.78 is 2.51. The zero-order valence-electron chi connectivity index (χ0n) is 19.7. The van der Waals surface area contributed by atoms with Crippen molar-refractivity contribution in [1.29, 1.82) is 0 Å². The van der Waals surface area contributed by atoms with Crippen molar-refractivity contribution in [1.82, 2.24) is 4.40 Å². The highest BCUT2D eigenvalue weighted by molar-refractivity contribution is 6.02. The van der Waals surface area contributed by atoms with Crippen LogP contribution in [0.5, 0.6) is 0 Å². The number of hydrogen-bond donors (Lipinski definition) is 0. The molecule has 2 aliphatic carbocycles. The van der Waals surface area contributed by atoms with Crippen molar-refractivity contribution < 1.29 is 0 Å². The lowest BCUT2D eigenvalue weighted by molar-refractivity contribution is 0.968. The highest BCUT2D eigenvalue weighted by Crippen LogP contribution is 2.33. The van der Waals surface area contributed by atoms with Crippen LogP contribution in [-0.4, -0.2) is 4.40 Å². The summed E-state index contributed by atoms with van der Waals surface area (Å²) in [5, 5.41) is 5.82. The molecule has 2 aromatic heterocycles. The Labute approximate surface area is 172 Å². The first-order valence-corrected chi connectivity index (χ1v) is 11.6. The minimum absolute atomic E-state index is 1.17. The highest BCUT2D eigenvalue weighted by Gasteiger charge is 2.20. The molecule has 1 aromatic carbocycles. The molecule has 0 amide bonds. The van der Waals surface area contributed by atoms with Crippen molar-refractivity contribution in [2.75, 3.05) is 0 Å². The van der Waals surface area contributed by atoms with Crippen molar-refractivity contribution in [2.45, 2.75) is 88.0 Å². The molecule has 3 aromatic rings. The van der Waals surface area contributed by atoms with E-state index in [1.165, 1.54) is 63.8 Å². The number of nitrogens with zero attached hydrogens (tertiary/aromatic N) is 1. The minimum atomic E-state index is 1.17. The van der Waals surface area contributed by atoms with E-state index in [4.69, 9.17) is 0 Å². The SMILES string of the molecule is CC.CC.CC.CC.Cc1cc2c3c(n4c5c(c(c1)c24)=CCCC=5)C=CCC3. The molecule has 154 valence electrons. The van der Waals surface area contributed by atoms with Crippen LogP contribution in [0.3, 0.4) is 0 Å². The van der Waals surface area contributed by atoms with Crippen molar-refractivity contribution in [2.24, 2.45) is 0 Å².